The fraction of sp³-hybridized carbons (Fsp3) is 0. The Morgan fingerprint density at radius 3 is 1.98 bits per heavy atom. The Morgan fingerprint density at radius 2 is 1.14 bits per heavy atom. The molecule has 1 aliphatic heterocycles. The van der Waals surface area contributed by atoms with Crippen LogP contribution >= 0.6 is 7.14 Å². The molecule has 6 aromatic carbocycles. The smallest absolute Gasteiger partial charge is 0.172 e. The summed E-state index contributed by atoms with van der Waals surface area (Å²) in [4.78, 5) is 0. The van der Waals surface area contributed by atoms with Gasteiger partial charge in [0, 0.05) is 48.9 Å². The van der Waals surface area contributed by atoms with E-state index >= 15 is 4.57 Å². The third kappa shape index (κ3) is 3.09. The van der Waals surface area contributed by atoms with Crippen molar-refractivity contribution < 1.29 is 8.98 Å². The van der Waals surface area contributed by atoms with Crippen LogP contribution in [-0.2, 0) is 4.57 Å². The highest BCUT2D eigenvalue weighted by molar-refractivity contribution is 7.85. The maximum absolute atomic E-state index is 15.7. The summed E-state index contributed by atoms with van der Waals surface area (Å²) in [6.07, 6.45) is 0. The average Bonchev–Trinajstić information content (AvgIpc) is 3.57. The summed E-state index contributed by atoms with van der Waals surface area (Å²) in [6, 6.07) is 49.7. The second kappa shape index (κ2) is 8.69. The van der Waals surface area contributed by atoms with Crippen molar-refractivity contribution in [1.82, 2.24) is 4.57 Å². The lowest BCUT2D eigenvalue weighted by atomic mass is 9.98. The number of furan rings is 1. The Morgan fingerprint density at radius 1 is 0.524 bits per heavy atom. The standard InChI is InChI=1S/C38H24NO2P/c40-42(26-12-2-1-3-13-26)35-20-10-6-16-29(35)37-28-15-4-8-18-32(28)39(38(37)30-17-7-11-21-36(30)42)25-22-23-34-31(24-25)27-14-5-9-19-33(27)41-34/h1-24H. The van der Waals surface area contributed by atoms with Crippen LogP contribution in [-0.4, -0.2) is 4.57 Å². The van der Waals surface area contributed by atoms with Gasteiger partial charge in [0.15, 0.2) is 7.14 Å². The van der Waals surface area contributed by atoms with E-state index in [0.29, 0.717) is 0 Å². The molecule has 0 saturated heterocycles. The molecular weight excluding hydrogens is 533 g/mol. The zero-order valence-electron chi connectivity index (χ0n) is 22.6. The molecule has 3 nitrogen and oxygen atoms in total. The summed E-state index contributed by atoms with van der Waals surface area (Å²) < 4.78 is 24.2. The highest BCUT2D eigenvalue weighted by Crippen LogP contribution is 2.54. The molecule has 8 aromatic rings. The molecule has 0 radical (unpaired) electrons. The molecule has 0 saturated carbocycles. The second-order valence-electron chi connectivity index (χ2n) is 10.8. The Labute approximate surface area is 242 Å². The molecule has 4 heteroatoms. The van der Waals surface area contributed by atoms with E-state index in [1.54, 1.807) is 0 Å². The van der Waals surface area contributed by atoms with E-state index in [1.807, 2.05) is 54.6 Å². The van der Waals surface area contributed by atoms with Gasteiger partial charge in [0.1, 0.15) is 11.2 Å². The van der Waals surface area contributed by atoms with Crippen molar-refractivity contribution in [3.05, 3.63) is 146 Å². The molecule has 0 bridgehead atoms. The van der Waals surface area contributed by atoms with E-state index in [-0.39, 0.29) is 0 Å². The first-order valence-electron chi connectivity index (χ1n) is 14.1. The van der Waals surface area contributed by atoms with Gasteiger partial charge >= 0.3 is 0 Å². The van der Waals surface area contributed by atoms with Crippen LogP contribution in [0.2, 0.25) is 0 Å². The van der Waals surface area contributed by atoms with Crippen LogP contribution in [0, 0.1) is 0 Å². The minimum absolute atomic E-state index is 0.845. The minimum atomic E-state index is -3.22. The molecule has 0 fully saturated rings. The van der Waals surface area contributed by atoms with E-state index in [4.69, 9.17) is 4.42 Å². The molecule has 0 spiro atoms. The van der Waals surface area contributed by atoms with Crippen LogP contribution < -0.4 is 15.9 Å². The Kier molecular flexibility index (Phi) is 4.88. The number of nitrogens with zero attached hydrogens (tertiary/aromatic N) is 1. The number of fused-ring (bicyclic) bond motifs is 10. The van der Waals surface area contributed by atoms with Crippen molar-refractivity contribution in [2.75, 3.05) is 0 Å². The molecule has 0 amide bonds. The van der Waals surface area contributed by atoms with Gasteiger partial charge in [-0.15, -0.1) is 0 Å². The summed E-state index contributed by atoms with van der Waals surface area (Å²) in [5, 5.41) is 5.89. The van der Waals surface area contributed by atoms with E-state index < -0.39 is 7.14 Å². The Hall–Kier alpha value is -5.11. The molecule has 9 rings (SSSR count). The Bertz CT molecular complexity index is 2400. The van der Waals surface area contributed by atoms with E-state index in [9.17, 15) is 0 Å². The van der Waals surface area contributed by atoms with Gasteiger partial charge < -0.3 is 13.5 Å². The maximum atomic E-state index is 15.7. The van der Waals surface area contributed by atoms with Gasteiger partial charge in [-0.05, 0) is 35.9 Å². The molecule has 1 aliphatic rings. The zero-order valence-corrected chi connectivity index (χ0v) is 23.5. The monoisotopic (exact) mass is 557 g/mol. The molecule has 1 unspecified atom stereocenters. The fourth-order valence-corrected chi connectivity index (χ4v) is 9.89. The van der Waals surface area contributed by atoms with Gasteiger partial charge in [-0.2, -0.15) is 0 Å². The topological polar surface area (TPSA) is 35.1 Å². The van der Waals surface area contributed by atoms with Crippen LogP contribution in [0.15, 0.2) is 150 Å². The van der Waals surface area contributed by atoms with Crippen molar-refractivity contribution in [2.45, 2.75) is 0 Å². The van der Waals surface area contributed by atoms with Gasteiger partial charge in [0.05, 0.1) is 11.2 Å². The predicted molar refractivity (Wildman–Crippen MR) is 174 cm³/mol. The van der Waals surface area contributed by atoms with E-state index in [2.05, 4.69) is 95.6 Å². The van der Waals surface area contributed by atoms with Gasteiger partial charge in [0.25, 0.3) is 0 Å². The highest BCUT2D eigenvalue weighted by atomic mass is 31.2. The molecule has 3 heterocycles. The highest BCUT2D eigenvalue weighted by Gasteiger charge is 2.39. The van der Waals surface area contributed by atoms with Crippen LogP contribution in [0.1, 0.15) is 0 Å². The van der Waals surface area contributed by atoms with Gasteiger partial charge in [-0.3, -0.25) is 0 Å². The lowest BCUT2D eigenvalue weighted by Crippen LogP contribution is -2.26. The molecular formula is C38H24NO2P. The Balaban J connectivity index is 1.47. The summed E-state index contributed by atoms with van der Waals surface area (Å²) in [7, 11) is -3.22. The molecule has 0 aliphatic carbocycles. The largest absolute Gasteiger partial charge is 0.456 e. The third-order valence-corrected chi connectivity index (χ3v) is 11.8. The van der Waals surface area contributed by atoms with Crippen LogP contribution in [0.5, 0.6) is 0 Å². The first-order chi connectivity index (χ1) is 20.7. The SMILES string of the molecule is O=P1(c2ccccc2)c2ccccc2-c2c(n(-c3ccc4oc5ccccc5c4c3)c3ccccc23)-c2ccccc21. The fourth-order valence-electron chi connectivity index (χ4n) is 6.84. The summed E-state index contributed by atoms with van der Waals surface area (Å²) in [5.74, 6) is 0. The van der Waals surface area contributed by atoms with Crippen LogP contribution in [0.25, 0.3) is 60.9 Å². The van der Waals surface area contributed by atoms with E-state index in [1.165, 1.54) is 0 Å². The number of benzene rings is 6. The zero-order chi connectivity index (χ0) is 27.8. The molecule has 1 atom stereocenters. The first kappa shape index (κ1) is 23.6. The summed E-state index contributed by atoms with van der Waals surface area (Å²) >= 11 is 0. The van der Waals surface area contributed by atoms with Crippen molar-refractivity contribution in [1.29, 1.82) is 0 Å². The maximum Gasteiger partial charge on any atom is 0.172 e. The van der Waals surface area contributed by atoms with Crippen molar-refractivity contribution >= 4 is 55.9 Å². The second-order valence-corrected chi connectivity index (χ2v) is 13.5. The lowest BCUT2D eigenvalue weighted by molar-refractivity contribution is 0.592. The molecule has 198 valence electrons. The van der Waals surface area contributed by atoms with Crippen molar-refractivity contribution in [3.8, 4) is 28.1 Å². The molecule has 2 aromatic heterocycles. The average molecular weight is 558 g/mol. The van der Waals surface area contributed by atoms with Crippen LogP contribution in [0.3, 0.4) is 0 Å². The number of para-hydroxylation sites is 2. The van der Waals surface area contributed by atoms with Gasteiger partial charge in [-0.25, -0.2) is 0 Å². The number of hydrogen-bond acceptors (Lipinski definition) is 2. The predicted octanol–water partition coefficient (Wildman–Crippen LogP) is 8.82. The van der Waals surface area contributed by atoms with Gasteiger partial charge in [0.2, 0.25) is 0 Å². The summed E-state index contributed by atoms with van der Waals surface area (Å²) in [5.41, 5.74) is 8.06. The molecule has 42 heavy (non-hydrogen) atoms. The minimum Gasteiger partial charge on any atom is -0.456 e. The quantitative estimate of drug-likeness (QED) is 0.199. The third-order valence-electron chi connectivity index (χ3n) is 8.62. The van der Waals surface area contributed by atoms with Gasteiger partial charge in [-0.1, -0.05) is 115 Å². The number of rotatable bonds is 2. The first-order valence-corrected chi connectivity index (χ1v) is 15.8. The van der Waals surface area contributed by atoms with Crippen LogP contribution in [0.4, 0.5) is 0 Å². The van der Waals surface area contributed by atoms with E-state index in [0.717, 1.165) is 76.8 Å². The lowest BCUT2D eigenvalue weighted by Gasteiger charge is -2.22. The molecule has 0 N–H and O–H groups in total. The van der Waals surface area contributed by atoms with Crippen molar-refractivity contribution in [2.24, 2.45) is 0 Å². The number of hydrogen-bond donors (Lipinski definition) is 0. The van der Waals surface area contributed by atoms with Crippen molar-refractivity contribution in [3.63, 3.8) is 0 Å². The number of aromatic nitrogens is 1. The normalized spacial score (nSPS) is 15.8. The summed E-state index contributed by atoms with van der Waals surface area (Å²) in [6.45, 7) is 0.